The fraction of sp³-hybridized carbons (Fsp3) is 0.524. The number of nitrogens with one attached hydrogen (secondary N) is 1. The molecule has 1 atom stereocenters. The van der Waals surface area contributed by atoms with Gasteiger partial charge in [-0.05, 0) is 18.4 Å². The molecule has 2 saturated heterocycles. The van der Waals surface area contributed by atoms with Crippen LogP contribution in [-0.2, 0) is 4.79 Å². The standard InChI is InChI=1S/C21H30N4O2/c1-18(26)25-12-6-10-20(17-25)22-21(27)24-15-13-23(14-16-24)11-5-9-19-7-3-2-4-8-19/h2-5,7-9,20H,6,10-17H2,1H3,(H,22,27). The second-order valence-electron chi connectivity index (χ2n) is 7.35. The van der Waals surface area contributed by atoms with Crippen LogP contribution in [0.4, 0.5) is 4.79 Å². The van der Waals surface area contributed by atoms with Crippen molar-refractivity contribution >= 4 is 18.0 Å². The number of rotatable bonds is 4. The Hall–Kier alpha value is -2.34. The summed E-state index contributed by atoms with van der Waals surface area (Å²) in [5.74, 6) is 0.0890. The summed E-state index contributed by atoms with van der Waals surface area (Å²) in [6.07, 6.45) is 6.22. The Kier molecular flexibility index (Phi) is 6.87. The third-order valence-corrected chi connectivity index (χ3v) is 5.33. The molecule has 0 saturated carbocycles. The summed E-state index contributed by atoms with van der Waals surface area (Å²) >= 11 is 0. The molecule has 3 amide bonds. The predicted octanol–water partition coefficient (Wildman–Crippen LogP) is 2.04. The number of likely N-dealkylation sites (tertiary alicyclic amines) is 1. The van der Waals surface area contributed by atoms with Gasteiger partial charge in [0.15, 0.2) is 0 Å². The minimum Gasteiger partial charge on any atom is -0.341 e. The Labute approximate surface area is 161 Å². The van der Waals surface area contributed by atoms with E-state index in [-0.39, 0.29) is 18.0 Å². The predicted molar refractivity (Wildman–Crippen MR) is 107 cm³/mol. The van der Waals surface area contributed by atoms with Crippen LogP contribution in [0.15, 0.2) is 36.4 Å². The summed E-state index contributed by atoms with van der Waals surface area (Å²) in [6.45, 7) is 7.19. The highest BCUT2D eigenvalue weighted by atomic mass is 16.2. The monoisotopic (exact) mass is 370 g/mol. The van der Waals surface area contributed by atoms with Gasteiger partial charge < -0.3 is 15.1 Å². The number of hydrogen-bond acceptors (Lipinski definition) is 3. The van der Waals surface area contributed by atoms with E-state index in [0.717, 1.165) is 52.1 Å². The summed E-state index contributed by atoms with van der Waals surface area (Å²) in [7, 11) is 0. The average Bonchev–Trinajstić information content (AvgIpc) is 2.69. The van der Waals surface area contributed by atoms with Gasteiger partial charge in [-0.2, -0.15) is 0 Å². The van der Waals surface area contributed by atoms with E-state index in [1.165, 1.54) is 5.56 Å². The molecule has 0 bridgehead atoms. The van der Waals surface area contributed by atoms with Crippen LogP contribution in [0.25, 0.3) is 6.08 Å². The lowest BCUT2D eigenvalue weighted by Crippen LogP contribution is -2.56. The molecule has 1 N–H and O–H groups in total. The van der Waals surface area contributed by atoms with Crippen LogP contribution in [0.2, 0.25) is 0 Å². The molecule has 1 aromatic rings. The quantitative estimate of drug-likeness (QED) is 0.882. The third kappa shape index (κ3) is 5.82. The zero-order chi connectivity index (χ0) is 19.1. The number of carbonyl (C=O) groups excluding carboxylic acids is 2. The minimum atomic E-state index is 0.00452. The first kappa shape index (κ1) is 19.4. The Bertz CT molecular complexity index is 653. The molecule has 3 rings (SSSR count). The molecule has 0 spiro atoms. The minimum absolute atomic E-state index is 0.00452. The molecule has 0 aliphatic carbocycles. The van der Waals surface area contributed by atoms with E-state index in [0.29, 0.717) is 6.54 Å². The van der Waals surface area contributed by atoms with Gasteiger partial charge in [0.1, 0.15) is 0 Å². The van der Waals surface area contributed by atoms with Gasteiger partial charge >= 0.3 is 6.03 Å². The largest absolute Gasteiger partial charge is 0.341 e. The van der Waals surface area contributed by atoms with Crippen molar-refractivity contribution in [3.05, 3.63) is 42.0 Å². The lowest BCUT2D eigenvalue weighted by molar-refractivity contribution is -0.130. The van der Waals surface area contributed by atoms with Crippen molar-refractivity contribution in [1.29, 1.82) is 0 Å². The van der Waals surface area contributed by atoms with Gasteiger partial charge in [0.2, 0.25) is 5.91 Å². The molecule has 2 aliphatic heterocycles. The van der Waals surface area contributed by atoms with Crippen LogP contribution in [0.5, 0.6) is 0 Å². The van der Waals surface area contributed by atoms with E-state index in [4.69, 9.17) is 0 Å². The van der Waals surface area contributed by atoms with Crippen LogP contribution < -0.4 is 5.32 Å². The van der Waals surface area contributed by atoms with Gasteiger partial charge in [0.25, 0.3) is 0 Å². The molecule has 146 valence electrons. The number of urea groups is 1. The summed E-state index contributed by atoms with van der Waals surface area (Å²) in [5.41, 5.74) is 1.21. The molecule has 6 heteroatoms. The number of piperazine rings is 1. The van der Waals surface area contributed by atoms with E-state index in [9.17, 15) is 9.59 Å². The Morgan fingerprint density at radius 3 is 2.52 bits per heavy atom. The first-order valence-electron chi connectivity index (χ1n) is 9.87. The number of benzene rings is 1. The van der Waals surface area contributed by atoms with E-state index < -0.39 is 0 Å². The molecule has 2 aliphatic rings. The molecule has 27 heavy (non-hydrogen) atoms. The first-order chi connectivity index (χ1) is 13.1. The topological polar surface area (TPSA) is 55.9 Å². The zero-order valence-corrected chi connectivity index (χ0v) is 16.1. The maximum absolute atomic E-state index is 12.5. The molecular weight excluding hydrogens is 340 g/mol. The second-order valence-corrected chi connectivity index (χ2v) is 7.35. The molecule has 2 fully saturated rings. The molecule has 1 unspecified atom stereocenters. The van der Waals surface area contributed by atoms with E-state index in [1.54, 1.807) is 6.92 Å². The van der Waals surface area contributed by atoms with Crippen LogP contribution in [-0.4, -0.2) is 78.5 Å². The van der Waals surface area contributed by atoms with Crippen molar-refractivity contribution < 1.29 is 9.59 Å². The fourth-order valence-electron chi connectivity index (χ4n) is 3.68. The molecule has 0 aromatic heterocycles. The van der Waals surface area contributed by atoms with Crippen molar-refractivity contribution in [2.75, 3.05) is 45.8 Å². The highest BCUT2D eigenvalue weighted by Crippen LogP contribution is 2.11. The lowest BCUT2D eigenvalue weighted by atomic mass is 10.1. The molecule has 2 heterocycles. The maximum atomic E-state index is 12.5. The van der Waals surface area contributed by atoms with Crippen LogP contribution in [0.3, 0.4) is 0 Å². The van der Waals surface area contributed by atoms with Crippen LogP contribution in [0.1, 0.15) is 25.3 Å². The van der Waals surface area contributed by atoms with E-state index >= 15 is 0 Å². The van der Waals surface area contributed by atoms with Crippen molar-refractivity contribution in [1.82, 2.24) is 20.0 Å². The van der Waals surface area contributed by atoms with Crippen LogP contribution >= 0.6 is 0 Å². The zero-order valence-electron chi connectivity index (χ0n) is 16.1. The lowest BCUT2D eigenvalue weighted by Gasteiger charge is -2.37. The smallest absolute Gasteiger partial charge is 0.317 e. The van der Waals surface area contributed by atoms with E-state index in [1.807, 2.05) is 28.0 Å². The molecular formula is C21H30N4O2. The van der Waals surface area contributed by atoms with Gasteiger partial charge in [-0.15, -0.1) is 0 Å². The number of amides is 3. The molecule has 1 aromatic carbocycles. The van der Waals surface area contributed by atoms with Crippen molar-refractivity contribution in [2.24, 2.45) is 0 Å². The van der Waals surface area contributed by atoms with Crippen LogP contribution in [0, 0.1) is 0 Å². The van der Waals surface area contributed by atoms with Gasteiger partial charge in [-0.1, -0.05) is 42.5 Å². The van der Waals surface area contributed by atoms with Gasteiger partial charge in [-0.3, -0.25) is 9.69 Å². The van der Waals surface area contributed by atoms with Crippen molar-refractivity contribution in [3.8, 4) is 0 Å². The highest BCUT2D eigenvalue weighted by molar-refractivity contribution is 5.75. The second kappa shape index (κ2) is 9.55. The molecule has 6 nitrogen and oxygen atoms in total. The fourth-order valence-corrected chi connectivity index (χ4v) is 3.68. The van der Waals surface area contributed by atoms with Gasteiger partial charge in [0.05, 0.1) is 0 Å². The van der Waals surface area contributed by atoms with Gasteiger partial charge in [0, 0.05) is 58.8 Å². The Morgan fingerprint density at radius 1 is 1.07 bits per heavy atom. The SMILES string of the molecule is CC(=O)N1CCCC(NC(=O)N2CCN(CC=Cc3ccccc3)CC2)C1. The summed E-state index contributed by atoms with van der Waals surface area (Å²) < 4.78 is 0. The first-order valence-corrected chi connectivity index (χ1v) is 9.87. The third-order valence-electron chi connectivity index (χ3n) is 5.33. The summed E-state index contributed by atoms with van der Waals surface area (Å²) in [4.78, 5) is 30.1. The Balaban J connectivity index is 1.39. The summed E-state index contributed by atoms with van der Waals surface area (Å²) in [6, 6.07) is 10.4. The number of carbonyl (C=O) groups is 2. The van der Waals surface area contributed by atoms with E-state index in [2.05, 4.69) is 34.5 Å². The van der Waals surface area contributed by atoms with Crippen molar-refractivity contribution in [3.63, 3.8) is 0 Å². The number of nitrogens with zero attached hydrogens (tertiary/aromatic N) is 3. The summed E-state index contributed by atoms with van der Waals surface area (Å²) in [5, 5.41) is 3.11. The number of piperidine rings is 1. The Morgan fingerprint density at radius 2 is 1.81 bits per heavy atom. The average molecular weight is 370 g/mol. The normalized spacial score (nSPS) is 21.4. The van der Waals surface area contributed by atoms with Gasteiger partial charge in [-0.25, -0.2) is 4.79 Å². The van der Waals surface area contributed by atoms with Crippen molar-refractivity contribution in [2.45, 2.75) is 25.8 Å². The number of hydrogen-bond donors (Lipinski definition) is 1. The maximum Gasteiger partial charge on any atom is 0.317 e. The highest BCUT2D eigenvalue weighted by Gasteiger charge is 2.26. The molecule has 0 radical (unpaired) electrons.